The molecule has 1 atom stereocenters. The fraction of sp³-hybridized carbons (Fsp3) is 0.278. The van der Waals surface area contributed by atoms with Crippen molar-refractivity contribution < 1.29 is 9.53 Å². The van der Waals surface area contributed by atoms with Gasteiger partial charge in [0.05, 0.1) is 7.11 Å². The van der Waals surface area contributed by atoms with Gasteiger partial charge in [-0.05, 0) is 36.1 Å². The summed E-state index contributed by atoms with van der Waals surface area (Å²) in [6.45, 7) is 2.55. The Morgan fingerprint density at radius 3 is 2.57 bits per heavy atom. The molecule has 0 saturated carbocycles. The average Bonchev–Trinajstić information content (AvgIpc) is 2.56. The van der Waals surface area contributed by atoms with Gasteiger partial charge >= 0.3 is 0 Å². The van der Waals surface area contributed by atoms with E-state index in [9.17, 15) is 4.79 Å². The Morgan fingerprint density at radius 2 is 1.91 bits per heavy atom. The Labute approximate surface area is 143 Å². The van der Waals surface area contributed by atoms with E-state index in [1.54, 1.807) is 7.11 Å². The summed E-state index contributed by atoms with van der Waals surface area (Å²) in [5, 5.41) is 2.88. The number of carbonyl (C=O) groups is 1. The van der Waals surface area contributed by atoms with Crippen LogP contribution >= 0.6 is 12.4 Å². The Morgan fingerprint density at radius 1 is 1.22 bits per heavy atom. The van der Waals surface area contributed by atoms with E-state index in [2.05, 4.69) is 5.32 Å². The molecule has 2 aromatic carbocycles. The Kier molecular flexibility index (Phi) is 7.59. The lowest BCUT2D eigenvalue weighted by Gasteiger charge is -2.13. The normalized spacial score (nSPS) is 11.3. The van der Waals surface area contributed by atoms with E-state index in [-0.39, 0.29) is 18.3 Å². The van der Waals surface area contributed by atoms with Crippen LogP contribution in [0.15, 0.2) is 48.5 Å². The smallest absolute Gasteiger partial charge is 0.241 e. The highest BCUT2D eigenvalue weighted by Crippen LogP contribution is 2.19. The minimum Gasteiger partial charge on any atom is -0.496 e. The van der Waals surface area contributed by atoms with Crippen LogP contribution < -0.4 is 15.8 Å². The lowest BCUT2D eigenvalue weighted by atomic mass is 10.1. The van der Waals surface area contributed by atoms with Crippen molar-refractivity contribution in [1.29, 1.82) is 0 Å². The summed E-state index contributed by atoms with van der Waals surface area (Å²) in [5.41, 5.74) is 8.99. The topological polar surface area (TPSA) is 64.3 Å². The highest BCUT2D eigenvalue weighted by Gasteiger charge is 2.14. The number of hydrogen-bond donors (Lipinski definition) is 2. The summed E-state index contributed by atoms with van der Waals surface area (Å²) in [4.78, 5) is 12.1. The first-order valence-electron chi connectivity index (χ1n) is 7.33. The van der Waals surface area contributed by atoms with E-state index in [0.717, 1.165) is 28.9 Å². The van der Waals surface area contributed by atoms with E-state index in [1.807, 2.05) is 55.5 Å². The number of amides is 1. The molecule has 124 valence electrons. The van der Waals surface area contributed by atoms with Gasteiger partial charge in [-0.1, -0.05) is 42.5 Å². The monoisotopic (exact) mass is 334 g/mol. The second-order valence-electron chi connectivity index (χ2n) is 5.23. The number of hydrogen-bond acceptors (Lipinski definition) is 3. The molecule has 0 aromatic heterocycles. The van der Waals surface area contributed by atoms with Crippen LogP contribution in [0.3, 0.4) is 0 Å². The molecule has 5 heteroatoms. The first-order chi connectivity index (χ1) is 10.6. The van der Waals surface area contributed by atoms with Crippen LogP contribution in [0.2, 0.25) is 0 Å². The Bertz CT molecular complexity index is 632. The van der Waals surface area contributed by atoms with Gasteiger partial charge in [-0.3, -0.25) is 4.79 Å². The first-order valence-corrected chi connectivity index (χ1v) is 7.33. The van der Waals surface area contributed by atoms with E-state index in [4.69, 9.17) is 10.5 Å². The molecule has 3 N–H and O–H groups in total. The molecule has 0 heterocycles. The molecule has 0 fully saturated rings. The van der Waals surface area contributed by atoms with Gasteiger partial charge < -0.3 is 15.8 Å². The molecule has 1 amide bonds. The Balaban J connectivity index is 0.00000264. The van der Waals surface area contributed by atoms with E-state index < -0.39 is 6.04 Å². The fourth-order valence-corrected chi connectivity index (χ4v) is 2.27. The maximum Gasteiger partial charge on any atom is 0.241 e. The van der Waals surface area contributed by atoms with Crippen LogP contribution in [0.1, 0.15) is 22.7 Å². The van der Waals surface area contributed by atoms with Gasteiger partial charge in [0.1, 0.15) is 11.8 Å². The third kappa shape index (κ3) is 5.27. The van der Waals surface area contributed by atoms with E-state index >= 15 is 0 Å². The lowest BCUT2D eigenvalue weighted by Crippen LogP contribution is -2.35. The number of rotatable bonds is 6. The van der Waals surface area contributed by atoms with Crippen molar-refractivity contribution >= 4 is 18.3 Å². The molecular weight excluding hydrogens is 312 g/mol. The second-order valence-corrected chi connectivity index (χ2v) is 5.23. The van der Waals surface area contributed by atoms with Gasteiger partial charge in [0.2, 0.25) is 5.91 Å². The quantitative estimate of drug-likeness (QED) is 0.853. The highest BCUT2D eigenvalue weighted by molar-refractivity contribution is 5.85. The number of nitrogens with two attached hydrogens (primary N) is 1. The zero-order valence-electron chi connectivity index (χ0n) is 13.4. The summed E-state index contributed by atoms with van der Waals surface area (Å²) in [6, 6.07) is 14.8. The molecule has 0 spiro atoms. The van der Waals surface area contributed by atoms with Crippen molar-refractivity contribution in [2.75, 3.05) is 13.7 Å². The van der Waals surface area contributed by atoms with Crippen molar-refractivity contribution in [2.24, 2.45) is 5.73 Å². The number of halogens is 1. The fourth-order valence-electron chi connectivity index (χ4n) is 2.27. The van der Waals surface area contributed by atoms with Crippen molar-refractivity contribution in [1.82, 2.24) is 5.32 Å². The predicted octanol–water partition coefficient (Wildman–Crippen LogP) is 2.78. The maximum absolute atomic E-state index is 12.1. The standard InChI is InChI=1S/C18H22N2O2.ClH/c1-13-8-9-14(12-16(13)22-2)10-11-20-18(21)17(19)15-6-4-3-5-7-15;/h3-9,12,17H,10-11,19H2,1-2H3,(H,20,21);1H. The molecule has 0 bridgehead atoms. The van der Waals surface area contributed by atoms with Crippen LogP contribution in [-0.4, -0.2) is 19.6 Å². The average molecular weight is 335 g/mol. The van der Waals surface area contributed by atoms with Gasteiger partial charge in [0.15, 0.2) is 0 Å². The van der Waals surface area contributed by atoms with Crippen molar-refractivity contribution in [3.8, 4) is 5.75 Å². The summed E-state index contributed by atoms with van der Waals surface area (Å²) < 4.78 is 5.30. The van der Waals surface area contributed by atoms with Gasteiger partial charge in [0, 0.05) is 6.54 Å². The molecule has 2 rings (SSSR count). The molecule has 23 heavy (non-hydrogen) atoms. The third-order valence-electron chi connectivity index (χ3n) is 3.63. The van der Waals surface area contributed by atoms with Gasteiger partial charge in [-0.15, -0.1) is 12.4 Å². The summed E-state index contributed by atoms with van der Waals surface area (Å²) in [5.74, 6) is 0.704. The first kappa shape index (κ1) is 19.0. The van der Waals surface area contributed by atoms with Crippen LogP contribution in [0, 0.1) is 6.92 Å². The van der Waals surface area contributed by atoms with Crippen molar-refractivity contribution in [3.63, 3.8) is 0 Å². The minimum atomic E-state index is -0.631. The van der Waals surface area contributed by atoms with Gasteiger partial charge in [-0.25, -0.2) is 0 Å². The number of carbonyl (C=O) groups excluding carboxylic acids is 1. The molecule has 0 aliphatic carbocycles. The summed E-state index contributed by atoms with van der Waals surface area (Å²) >= 11 is 0. The number of nitrogens with one attached hydrogen (secondary N) is 1. The van der Waals surface area contributed by atoms with Crippen molar-refractivity contribution in [3.05, 3.63) is 65.2 Å². The van der Waals surface area contributed by atoms with Crippen LogP contribution in [0.5, 0.6) is 5.75 Å². The highest BCUT2D eigenvalue weighted by atomic mass is 35.5. The van der Waals surface area contributed by atoms with E-state index in [1.165, 1.54) is 0 Å². The van der Waals surface area contributed by atoms with E-state index in [0.29, 0.717) is 6.54 Å². The van der Waals surface area contributed by atoms with Crippen LogP contribution in [-0.2, 0) is 11.2 Å². The molecule has 0 radical (unpaired) electrons. The zero-order chi connectivity index (χ0) is 15.9. The molecule has 0 aliphatic rings. The van der Waals surface area contributed by atoms with Crippen LogP contribution in [0.25, 0.3) is 0 Å². The molecule has 1 unspecified atom stereocenters. The number of aryl methyl sites for hydroxylation is 1. The lowest BCUT2D eigenvalue weighted by molar-refractivity contribution is -0.122. The van der Waals surface area contributed by atoms with Crippen LogP contribution in [0.4, 0.5) is 0 Å². The largest absolute Gasteiger partial charge is 0.496 e. The molecule has 0 aliphatic heterocycles. The molecule has 2 aromatic rings. The Hall–Kier alpha value is -2.04. The summed E-state index contributed by atoms with van der Waals surface area (Å²) in [7, 11) is 1.66. The molecular formula is C18H23ClN2O2. The number of benzene rings is 2. The third-order valence-corrected chi connectivity index (χ3v) is 3.63. The van der Waals surface area contributed by atoms with Crippen molar-refractivity contribution in [2.45, 2.75) is 19.4 Å². The maximum atomic E-state index is 12.1. The van der Waals surface area contributed by atoms with Gasteiger partial charge in [0.25, 0.3) is 0 Å². The number of methoxy groups -OCH3 is 1. The number of ether oxygens (including phenoxy) is 1. The predicted molar refractivity (Wildman–Crippen MR) is 95.1 cm³/mol. The molecule has 4 nitrogen and oxygen atoms in total. The van der Waals surface area contributed by atoms with Gasteiger partial charge in [-0.2, -0.15) is 0 Å². The minimum absolute atomic E-state index is 0. The summed E-state index contributed by atoms with van der Waals surface area (Å²) in [6.07, 6.45) is 0.740. The molecule has 0 saturated heterocycles. The SMILES string of the molecule is COc1cc(CCNC(=O)C(N)c2ccccc2)ccc1C.Cl. The zero-order valence-corrected chi connectivity index (χ0v) is 14.2. The second kappa shape index (κ2) is 9.18.